The Bertz CT molecular complexity index is 357. The Kier molecular flexibility index (Phi) is 4.03. The van der Waals surface area contributed by atoms with Crippen molar-refractivity contribution in [1.82, 2.24) is 4.98 Å². The average molecular weight is 324 g/mol. The van der Waals surface area contributed by atoms with Crippen molar-refractivity contribution in [1.29, 1.82) is 0 Å². The molecular formula is C8H8Br2N2O2. The summed E-state index contributed by atoms with van der Waals surface area (Å²) in [6, 6.07) is 1.19. The lowest BCUT2D eigenvalue weighted by molar-refractivity contribution is -0.137. The molecule has 1 aromatic heterocycles. The molecule has 0 aliphatic rings. The fraction of sp³-hybridized carbons (Fsp3) is 0.250. The van der Waals surface area contributed by atoms with E-state index in [0.717, 1.165) is 4.47 Å². The molecule has 0 aliphatic carbocycles. The Morgan fingerprint density at radius 1 is 1.64 bits per heavy atom. The summed E-state index contributed by atoms with van der Waals surface area (Å²) in [6.07, 6.45) is 1.45. The third-order valence-corrected chi connectivity index (χ3v) is 2.65. The van der Waals surface area contributed by atoms with Crippen LogP contribution in [0.5, 0.6) is 0 Å². The SMILES string of the molecule is NC(CC(=O)O)c1ncc(Br)cc1Br. The number of halogens is 2. The normalized spacial score (nSPS) is 12.5. The molecule has 1 unspecified atom stereocenters. The van der Waals surface area contributed by atoms with Crippen molar-refractivity contribution in [2.75, 3.05) is 0 Å². The van der Waals surface area contributed by atoms with Crippen molar-refractivity contribution in [3.05, 3.63) is 26.9 Å². The van der Waals surface area contributed by atoms with Gasteiger partial charge >= 0.3 is 5.97 Å². The minimum atomic E-state index is -0.936. The Morgan fingerprint density at radius 2 is 2.29 bits per heavy atom. The lowest BCUT2D eigenvalue weighted by Crippen LogP contribution is -2.16. The minimum Gasteiger partial charge on any atom is -0.481 e. The molecule has 14 heavy (non-hydrogen) atoms. The molecule has 3 N–H and O–H groups in total. The van der Waals surface area contributed by atoms with Crippen molar-refractivity contribution >= 4 is 37.8 Å². The van der Waals surface area contributed by atoms with E-state index in [0.29, 0.717) is 10.2 Å². The van der Waals surface area contributed by atoms with E-state index >= 15 is 0 Å². The average Bonchev–Trinajstić information content (AvgIpc) is 2.01. The quantitative estimate of drug-likeness (QED) is 0.893. The van der Waals surface area contributed by atoms with E-state index in [-0.39, 0.29) is 6.42 Å². The summed E-state index contributed by atoms with van der Waals surface area (Å²) < 4.78 is 1.52. The number of aromatic nitrogens is 1. The number of carboxylic acids is 1. The van der Waals surface area contributed by atoms with Gasteiger partial charge in [-0.25, -0.2) is 0 Å². The van der Waals surface area contributed by atoms with Crippen LogP contribution in [0, 0.1) is 0 Å². The fourth-order valence-electron chi connectivity index (χ4n) is 0.983. The first-order valence-electron chi connectivity index (χ1n) is 3.79. The van der Waals surface area contributed by atoms with Gasteiger partial charge < -0.3 is 10.8 Å². The number of aliphatic carboxylic acids is 1. The second kappa shape index (κ2) is 4.86. The summed E-state index contributed by atoms with van der Waals surface area (Å²) in [5, 5.41) is 8.56. The molecule has 0 spiro atoms. The molecule has 0 bridgehead atoms. The van der Waals surface area contributed by atoms with Gasteiger partial charge in [-0.2, -0.15) is 0 Å². The van der Waals surface area contributed by atoms with E-state index in [2.05, 4.69) is 36.8 Å². The molecule has 0 aliphatic heterocycles. The first-order valence-corrected chi connectivity index (χ1v) is 5.37. The fourth-order valence-corrected chi connectivity index (χ4v) is 2.26. The zero-order valence-corrected chi connectivity index (χ0v) is 10.2. The third-order valence-electron chi connectivity index (χ3n) is 1.58. The van der Waals surface area contributed by atoms with Crippen LogP contribution in [0.1, 0.15) is 18.2 Å². The monoisotopic (exact) mass is 322 g/mol. The van der Waals surface area contributed by atoms with Crippen LogP contribution in [-0.4, -0.2) is 16.1 Å². The van der Waals surface area contributed by atoms with Gasteiger partial charge in [-0.3, -0.25) is 9.78 Å². The van der Waals surface area contributed by atoms with Gasteiger partial charge in [-0.05, 0) is 37.9 Å². The maximum Gasteiger partial charge on any atom is 0.305 e. The predicted octanol–water partition coefficient (Wildman–Crippen LogP) is 2.08. The molecule has 0 aromatic carbocycles. The number of carbonyl (C=O) groups is 1. The zero-order chi connectivity index (χ0) is 10.7. The molecule has 1 atom stereocenters. The molecule has 1 aromatic rings. The largest absolute Gasteiger partial charge is 0.481 e. The van der Waals surface area contributed by atoms with Crippen molar-refractivity contribution in [2.45, 2.75) is 12.5 Å². The number of rotatable bonds is 3. The van der Waals surface area contributed by atoms with Crippen LogP contribution in [0.3, 0.4) is 0 Å². The van der Waals surface area contributed by atoms with Crippen molar-refractivity contribution in [2.24, 2.45) is 5.73 Å². The number of hydrogen-bond acceptors (Lipinski definition) is 3. The van der Waals surface area contributed by atoms with Gasteiger partial charge in [-0.1, -0.05) is 0 Å². The summed E-state index contributed by atoms with van der Waals surface area (Å²) in [4.78, 5) is 14.5. The highest BCUT2D eigenvalue weighted by Crippen LogP contribution is 2.24. The number of carboxylic acid groups (broad SMARTS) is 1. The molecule has 0 saturated heterocycles. The molecule has 1 heterocycles. The van der Waals surface area contributed by atoms with Gasteiger partial charge in [0.2, 0.25) is 0 Å². The standard InChI is InChI=1S/C8H8Br2N2O2/c9-4-1-5(10)8(12-3-4)6(11)2-7(13)14/h1,3,6H,2,11H2,(H,13,14). The van der Waals surface area contributed by atoms with Crippen LogP contribution in [0.25, 0.3) is 0 Å². The molecular weight excluding hydrogens is 316 g/mol. The third kappa shape index (κ3) is 3.04. The van der Waals surface area contributed by atoms with Gasteiger partial charge in [0.15, 0.2) is 0 Å². The molecule has 0 fully saturated rings. The lowest BCUT2D eigenvalue weighted by atomic mass is 10.1. The van der Waals surface area contributed by atoms with Crippen LogP contribution < -0.4 is 5.73 Å². The summed E-state index contributed by atoms with van der Waals surface area (Å²) in [5.41, 5.74) is 6.21. The second-order valence-electron chi connectivity index (χ2n) is 2.72. The maximum atomic E-state index is 10.4. The van der Waals surface area contributed by atoms with Crippen molar-refractivity contribution in [3.8, 4) is 0 Å². The van der Waals surface area contributed by atoms with E-state index in [1.54, 1.807) is 12.3 Å². The Morgan fingerprint density at radius 3 is 2.79 bits per heavy atom. The topological polar surface area (TPSA) is 76.2 Å². The summed E-state index contributed by atoms with van der Waals surface area (Å²) in [7, 11) is 0. The number of pyridine rings is 1. The molecule has 4 nitrogen and oxygen atoms in total. The van der Waals surface area contributed by atoms with E-state index in [1.807, 2.05) is 0 Å². The van der Waals surface area contributed by atoms with Gasteiger partial charge in [0.05, 0.1) is 18.2 Å². The molecule has 6 heteroatoms. The van der Waals surface area contributed by atoms with Crippen molar-refractivity contribution in [3.63, 3.8) is 0 Å². The number of nitrogens with two attached hydrogens (primary N) is 1. The minimum absolute atomic E-state index is 0.132. The highest BCUT2D eigenvalue weighted by molar-refractivity contribution is 9.11. The molecule has 0 amide bonds. The van der Waals surface area contributed by atoms with Crippen LogP contribution in [-0.2, 0) is 4.79 Å². The van der Waals surface area contributed by atoms with E-state index in [9.17, 15) is 4.79 Å². The Hall–Kier alpha value is -0.460. The highest BCUT2D eigenvalue weighted by Gasteiger charge is 2.14. The summed E-state index contributed by atoms with van der Waals surface area (Å²) in [5.74, 6) is -0.936. The molecule has 1 rings (SSSR count). The van der Waals surface area contributed by atoms with Gasteiger partial charge in [-0.15, -0.1) is 0 Å². The number of hydrogen-bond donors (Lipinski definition) is 2. The van der Waals surface area contributed by atoms with Crippen LogP contribution in [0.2, 0.25) is 0 Å². The van der Waals surface area contributed by atoms with Crippen molar-refractivity contribution < 1.29 is 9.90 Å². The van der Waals surface area contributed by atoms with Crippen LogP contribution >= 0.6 is 31.9 Å². The van der Waals surface area contributed by atoms with E-state index in [4.69, 9.17) is 10.8 Å². The second-order valence-corrected chi connectivity index (χ2v) is 4.49. The smallest absolute Gasteiger partial charge is 0.305 e. The Labute approximate surface area is 97.8 Å². The number of nitrogens with zero attached hydrogens (tertiary/aromatic N) is 1. The zero-order valence-electron chi connectivity index (χ0n) is 7.08. The summed E-state index contributed by atoms with van der Waals surface area (Å²) in [6.45, 7) is 0. The molecule has 0 saturated carbocycles. The van der Waals surface area contributed by atoms with Gasteiger partial charge in [0, 0.05) is 15.1 Å². The lowest BCUT2D eigenvalue weighted by Gasteiger charge is -2.10. The maximum absolute atomic E-state index is 10.4. The molecule has 76 valence electrons. The first-order chi connectivity index (χ1) is 6.50. The van der Waals surface area contributed by atoms with Crippen LogP contribution in [0.15, 0.2) is 21.2 Å². The van der Waals surface area contributed by atoms with Gasteiger partial charge in [0.1, 0.15) is 0 Å². The summed E-state index contributed by atoms with van der Waals surface area (Å²) >= 11 is 6.52. The predicted molar refractivity (Wildman–Crippen MR) is 58.8 cm³/mol. The van der Waals surface area contributed by atoms with E-state index < -0.39 is 12.0 Å². The molecule has 0 radical (unpaired) electrons. The first kappa shape index (κ1) is 11.6. The Balaban J connectivity index is 2.90. The van der Waals surface area contributed by atoms with Crippen LogP contribution in [0.4, 0.5) is 0 Å². The van der Waals surface area contributed by atoms with Gasteiger partial charge in [0.25, 0.3) is 0 Å². The van der Waals surface area contributed by atoms with E-state index in [1.165, 1.54) is 0 Å². The highest BCUT2D eigenvalue weighted by atomic mass is 79.9.